The quantitative estimate of drug-likeness (QED) is 0.415. The van der Waals surface area contributed by atoms with Crippen molar-refractivity contribution >= 4 is 5.95 Å². The van der Waals surface area contributed by atoms with E-state index in [4.69, 9.17) is 14.7 Å². The third-order valence-corrected chi connectivity index (χ3v) is 1.35. The van der Waals surface area contributed by atoms with Crippen LogP contribution in [0.5, 0.6) is 5.75 Å². The fourth-order valence-electron chi connectivity index (χ4n) is 0.748. The van der Waals surface area contributed by atoms with Crippen molar-refractivity contribution in [3.8, 4) is 11.9 Å². The standard InChI is InChI=1S/C8H10N4O2/c1-13-2-3-14-7-4-10-8(11-5-7)12-6-9/h4-5H,2-3H2,1H3,(H,10,11,12). The maximum atomic E-state index is 8.27. The molecule has 1 N–H and O–H groups in total. The second-order valence-electron chi connectivity index (χ2n) is 2.32. The van der Waals surface area contributed by atoms with Gasteiger partial charge in [0.25, 0.3) is 0 Å². The smallest absolute Gasteiger partial charge is 0.236 e. The second-order valence-corrected chi connectivity index (χ2v) is 2.32. The normalized spacial score (nSPS) is 9.14. The minimum Gasteiger partial charge on any atom is -0.488 e. The van der Waals surface area contributed by atoms with Crippen LogP contribution in [-0.2, 0) is 4.74 Å². The zero-order valence-corrected chi connectivity index (χ0v) is 7.73. The molecule has 0 amide bonds. The summed E-state index contributed by atoms with van der Waals surface area (Å²) in [5, 5.41) is 10.6. The summed E-state index contributed by atoms with van der Waals surface area (Å²) in [7, 11) is 1.60. The zero-order valence-electron chi connectivity index (χ0n) is 7.73. The van der Waals surface area contributed by atoms with Crippen LogP contribution in [0.4, 0.5) is 5.95 Å². The number of methoxy groups -OCH3 is 1. The van der Waals surface area contributed by atoms with Crippen LogP contribution in [0.15, 0.2) is 12.4 Å². The van der Waals surface area contributed by atoms with Crippen molar-refractivity contribution in [1.82, 2.24) is 9.97 Å². The van der Waals surface area contributed by atoms with E-state index in [1.165, 1.54) is 12.4 Å². The van der Waals surface area contributed by atoms with Crippen molar-refractivity contribution < 1.29 is 9.47 Å². The van der Waals surface area contributed by atoms with E-state index >= 15 is 0 Å². The maximum Gasteiger partial charge on any atom is 0.236 e. The van der Waals surface area contributed by atoms with Crippen LogP contribution in [0.2, 0.25) is 0 Å². The van der Waals surface area contributed by atoms with Gasteiger partial charge in [-0.15, -0.1) is 0 Å². The lowest BCUT2D eigenvalue weighted by atomic mass is 10.6. The molecule has 1 heterocycles. The molecule has 1 aromatic rings. The van der Waals surface area contributed by atoms with Crippen LogP contribution in [0.1, 0.15) is 0 Å². The molecule has 14 heavy (non-hydrogen) atoms. The van der Waals surface area contributed by atoms with Gasteiger partial charge in [-0.1, -0.05) is 0 Å². The van der Waals surface area contributed by atoms with Crippen molar-refractivity contribution in [3.63, 3.8) is 0 Å². The molecule has 0 fully saturated rings. The number of nitriles is 1. The highest BCUT2D eigenvalue weighted by molar-refractivity contribution is 5.31. The minimum absolute atomic E-state index is 0.256. The number of anilines is 1. The predicted octanol–water partition coefficient (Wildman–Crippen LogP) is 0.395. The van der Waals surface area contributed by atoms with Crippen molar-refractivity contribution in [2.24, 2.45) is 0 Å². The highest BCUT2D eigenvalue weighted by Gasteiger charge is 1.96. The topological polar surface area (TPSA) is 80.1 Å². The van der Waals surface area contributed by atoms with E-state index in [9.17, 15) is 0 Å². The van der Waals surface area contributed by atoms with E-state index in [0.29, 0.717) is 19.0 Å². The van der Waals surface area contributed by atoms with Gasteiger partial charge in [0.05, 0.1) is 19.0 Å². The molecular weight excluding hydrogens is 184 g/mol. The average Bonchev–Trinajstić information content (AvgIpc) is 2.21. The van der Waals surface area contributed by atoms with Crippen molar-refractivity contribution in [2.75, 3.05) is 25.6 Å². The third kappa shape index (κ3) is 3.25. The van der Waals surface area contributed by atoms with Crippen LogP contribution in [-0.4, -0.2) is 30.3 Å². The molecular formula is C8H10N4O2. The molecule has 74 valence electrons. The SMILES string of the molecule is COCCOc1cnc(NC#N)nc1. The summed E-state index contributed by atoms with van der Waals surface area (Å²) in [5.74, 6) is 0.803. The highest BCUT2D eigenvalue weighted by Crippen LogP contribution is 2.07. The van der Waals surface area contributed by atoms with E-state index in [0.717, 1.165) is 0 Å². The molecule has 1 aromatic heterocycles. The van der Waals surface area contributed by atoms with Crippen molar-refractivity contribution in [3.05, 3.63) is 12.4 Å². The molecule has 0 bridgehead atoms. The molecule has 0 unspecified atom stereocenters. The molecule has 0 saturated heterocycles. The minimum atomic E-state index is 0.256. The number of aromatic nitrogens is 2. The van der Waals surface area contributed by atoms with E-state index in [-0.39, 0.29) is 5.95 Å². The van der Waals surface area contributed by atoms with Crippen molar-refractivity contribution in [2.45, 2.75) is 0 Å². The fourth-order valence-corrected chi connectivity index (χ4v) is 0.748. The largest absolute Gasteiger partial charge is 0.488 e. The summed E-state index contributed by atoms with van der Waals surface area (Å²) in [6.07, 6.45) is 4.70. The Morgan fingerprint density at radius 1 is 1.43 bits per heavy atom. The van der Waals surface area contributed by atoms with Crippen molar-refractivity contribution in [1.29, 1.82) is 5.26 Å². The van der Waals surface area contributed by atoms with Gasteiger partial charge in [0.15, 0.2) is 11.9 Å². The second kappa shape index (κ2) is 5.72. The molecule has 0 atom stereocenters. The summed E-state index contributed by atoms with van der Waals surface area (Å²) >= 11 is 0. The van der Waals surface area contributed by atoms with Crippen LogP contribution in [0, 0.1) is 11.5 Å². The Morgan fingerprint density at radius 3 is 2.71 bits per heavy atom. The number of nitrogens with zero attached hydrogens (tertiary/aromatic N) is 3. The molecule has 0 aliphatic rings. The molecule has 0 aliphatic carbocycles. The third-order valence-electron chi connectivity index (χ3n) is 1.35. The first-order valence-electron chi connectivity index (χ1n) is 3.95. The van der Waals surface area contributed by atoms with Crippen LogP contribution >= 0.6 is 0 Å². The molecule has 0 spiro atoms. The summed E-state index contributed by atoms with van der Waals surface area (Å²) in [4.78, 5) is 7.67. The molecule has 0 aromatic carbocycles. The zero-order chi connectivity index (χ0) is 10.2. The number of hydrogen-bond acceptors (Lipinski definition) is 6. The highest BCUT2D eigenvalue weighted by atomic mass is 16.5. The number of rotatable bonds is 5. The Balaban J connectivity index is 2.43. The predicted molar refractivity (Wildman–Crippen MR) is 48.6 cm³/mol. The van der Waals surface area contributed by atoms with Crippen LogP contribution in [0.3, 0.4) is 0 Å². The Kier molecular flexibility index (Phi) is 4.17. The van der Waals surface area contributed by atoms with Gasteiger partial charge >= 0.3 is 0 Å². The van der Waals surface area contributed by atoms with Gasteiger partial charge in [-0.05, 0) is 0 Å². The molecule has 0 aliphatic heterocycles. The summed E-state index contributed by atoms with van der Waals surface area (Å²) < 4.78 is 10.0. The average molecular weight is 194 g/mol. The first-order valence-corrected chi connectivity index (χ1v) is 3.95. The van der Waals surface area contributed by atoms with Gasteiger partial charge < -0.3 is 9.47 Å². The Hall–Kier alpha value is -1.87. The fraction of sp³-hybridized carbons (Fsp3) is 0.375. The lowest BCUT2D eigenvalue weighted by Gasteiger charge is -2.04. The first-order chi connectivity index (χ1) is 6.86. The first kappa shape index (κ1) is 10.2. The van der Waals surface area contributed by atoms with E-state index in [1.54, 1.807) is 13.3 Å². The summed E-state index contributed by atoms with van der Waals surface area (Å²) in [6.45, 7) is 0.961. The van der Waals surface area contributed by atoms with Gasteiger partial charge in [-0.25, -0.2) is 9.97 Å². The summed E-state index contributed by atoms with van der Waals surface area (Å²) in [5.41, 5.74) is 0. The van der Waals surface area contributed by atoms with Gasteiger partial charge in [0, 0.05) is 7.11 Å². The number of hydrogen-bond donors (Lipinski definition) is 1. The molecule has 0 saturated carbocycles. The molecule has 0 radical (unpaired) electrons. The van der Waals surface area contributed by atoms with Gasteiger partial charge in [-0.2, -0.15) is 5.26 Å². The number of nitrogens with one attached hydrogen (secondary N) is 1. The lowest BCUT2D eigenvalue weighted by molar-refractivity contribution is 0.146. The van der Waals surface area contributed by atoms with Gasteiger partial charge in [-0.3, -0.25) is 5.32 Å². The van der Waals surface area contributed by atoms with Crippen LogP contribution in [0.25, 0.3) is 0 Å². The molecule has 6 heteroatoms. The molecule has 6 nitrogen and oxygen atoms in total. The monoisotopic (exact) mass is 194 g/mol. The Morgan fingerprint density at radius 2 is 2.14 bits per heavy atom. The lowest BCUT2D eigenvalue weighted by Crippen LogP contribution is -2.05. The summed E-state index contributed by atoms with van der Waals surface area (Å²) in [6, 6.07) is 0. The maximum absolute atomic E-state index is 8.27. The van der Waals surface area contributed by atoms with E-state index in [1.807, 2.05) is 0 Å². The molecule has 1 rings (SSSR count). The van der Waals surface area contributed by atoms with Gasteiger partial charge in [0.1, 0.15) is 6.61 Å². The van der Waals surface area contributed by atoms with E-state index in [2.05, 4.69) is 15.3 Å². The van der Waals surface area contributed by atoms with Crippen LogP contribution < -0.4 is 10.1 Å². The van der Waals surface area contributed by atoms with E-state index < -0.39 is 0 Å². The Labute approximate surface area is 81.5 Å². The number of ether oxygens (including phenoxy) is 2. The van der Waals surface area contributed by atoms with Gasteiger partial charge in [0.2, 0.25) is 5.95 Å². The Bertz CT molecular complexity index is 306.